The van der Waals surface area contributed by atoms with Crippen LogP contribution in [0.2, 0.25) is 0 Å². The highest BCUT2D eigenvalue weighted by Gasteiger charge is 2.50. The van der Waals surface area contributed by atoms with Crippen LogP contribution in [0.3, 0.4) is 0 Å². The Bertz CT molecular complexity index is 673. The van der Waals surface area contributed by atoms with E-state index in [9.17, 15) is 14.7 Å². The standard InChI is InChI=1S/C20H28N2O5/c1-20(2,3)27-19(25)22-14-9-10-15(22)17(16(23)11-14)21-18(24)26-12-13-7-5-4-6-8-13/h4-8,14-17,23H,9-12H2,1-3H3,(H,21,24)/t14-,15+,16+,17-/m0/s1. The zero-order valence-electron chi connectivity index (χ0n) is 16.1. The number of benzene rings is 1. The maximum absolute atomic E-state index is 12.6. The zero-order valence-corrected chi connectivity index (χ0v) is 16.1. The minimum absolute atomic E-state index is 0.0572. The minimum atomic E-state index is -0.717. The van der Waals surface area contributed by atoms with Crippen molar-refractivity contribution in [2.75, 3.05) is 0 Å². The summed E-state index contributed by atoms with van der Waals surface area (Å²) >= 11 is 0. The third-order valence-corrected chi connectivity index (χ3v) is 4.99. The quantitative estimate of drug-likeness (QED) is 0.847. The summed E-state index contributed by atoms with van der Waals surface area (Å²) in [6.07, 6.45) is 0.205. The molecule has 7 heteroatoms. The molecule has 4 atom stereocenters. The normalized spacial score (nSPS) is 27.2. The monoisotopic (exact) mass is 376 g/mol. The van der Waals surface area contributed by atoms with E-state index in [1.54, 1.807) is 4.90 Å². The molecule has 2 heterocycles. The number of nitrogens with zero attached hydrogens (tertiary/aromatic N) is 1. The van der Waals surface area contributed by atoms with Crippen LogP contribution in [0.1, 0.15) is 45.6 Å². The van der Waals surface area contributed by atoms with Crippen molar-refractivity contribution in [3.63, 3.8) is 0 Å². The molecule has 0 unspecified atom stereocenters. The van der Waals surface area contributed by atoms with Crippen LogP contribution in [0.4, 0.5) is 9.59 Å². The van der Waals surface area contributed by atoms with Crippen molar-refractivity contribution in [2.45, 2.75) is 76.5 Å². The van der Waals surface area contributed by atoms with Crippen molar-refractivity contribution in [2.24, 2.45) is 0 Å². The molecule has 2 bridgehead atoms. The lowest BCUT2D eigenvalue weighted by Crippen LogP contribution is -2.62. The number of ether oxygens (including phenoxy) is 2. The van der Waals surface area contributed by atoms with Gasteiger partial charge in [0.05, 0.1) is 18.2 Å². The number of hydrogen-bond acceptors (Lipinski definition) is 5. The summed E-state index contributed by atoms with van der Waals surface area (Å²) in [7, 11) is 0. The van der Waals surface area contributed by atoms with Crippen molar-refractivity contribution in [1.82, 2.24) is 10.2 Å². The first-order valence-corrected chi connectivity index (χ1v) is 9.41. The van der Waals surface area contributed by atoms with E-state index in [1.165, 1.54) is 0 Å². The van der Waals surface area contributed by atoms with Gasteiger partial charge in [0.15, 0.2) is 0 Å². The molecule has 2 aliphatic rings. The van der Waals surface area contributed by atoms with Crippen LogP contribution in [-0.4, -0.2) is 52.0 Å². The summed E-state index contributed by atoms with van der Waals surface area (Å²) in [5.41, 5.74) is 0.289. The van der Waals surface area contributed by atoms with Gasteiger partial charge in [-0.1, -0.05) is 30.3 Å². The van der Waals surface area contributed by atoms with Crippen LogP contribution in [-0.2, 0) is 16.1 Å². The number of piperidine rings is 1. The molecule has 2 fully saturated rings. The predicted octanol–water partition coefficient (Wildman–Crippen LogP) is 2.81. The second-order valence-corrected chi connectivity index (χ2v) is 8.22. The van der Waals surface area contributed by atoms with Crippen LogP contribution < -0.4 is 5.32 Å². The molecular formula is C20H28N2O5. The van der Waals surface area contributed by atoms with E-state index in [4.69, 9.17) is 9.47 Å². The van der Waals surface area contributed by atoms with E-state index in [-0.39, 0.29) is 18.7 Å². The van der Waals surface area contributed by atoms with Gasteiger partial charge in [-0.05, 0) is 45.6 Å². The van der Waals surface area contributed by atoms with Crippen LogP contribution in [0.15, 0.2) is 30.3 Å². The van der Waals surface area contributed by atoms with Crippen LogP contribution >= 0.6 is 0 Å². The number of carbonyl (C=O) groups excluding carboxylic acids is 2. The Morgan fingerprint density at radius 1 is 1.22 bits per heavy atom. The number of amides is 2. The number of nitrogens with one attached hydrogen (secondary N) is 1. The van der Waals surface area contributed by atoms with Gasteiger partial charge in [0, 0.05) is 6.04 Å². The Morgan fingerprint density at radius 2 is 1.93 bits per heavy atom. The summed E-state index contributed by atoms with van der Waals surface area (Å²) in [5, 5.41) is 13.2. The highest BCUT2D eigenvalue weighted by atomic mass is 16.6. The lowest BCUT2D eigenvalue weighted by atomic mass is 9.94. The lowest BCUT2D eigenvalue weighted by molar-refractivity contribution is -0.0254. The van der Waals surface area contributed by atoms with E-state index in [2.05, 4.69) is 5.32 Å². The smallest absolute Gasteiger partial charge is 0.410 e. The number of rotatable bonds is 3. The molecule has 0 radical (unpaired) electrons. The van der Waals surface area contributed by atoms with Gasteiger partial charge < -0.3 is 19.9 Å². The third-order valence-electron chi connectivity index (χ3n) is 4.99. The Balaban J connectivity index is 1.62. The molecule has 0 aromatic heterocycles. The summed E-state index contributed by atoms with van der Waals surface area (Å²) in [6, 6.07) is 8.46. The van der Waals surface area contributed by atoms with E-state index in [0.29, 0.717) is 12.8 Å². The van der Waals surface area contributed by atoms with Gasteiger partial charge in [0.2, 0.25) is 0 Å². The summed E-state index contributed by atoms with van der Waals surface area (Å²) in [5.74, 6) is 0. The number of fused-ring (bicyclic) bond motifs is 2. The number of hydrogen-bond donors (Lipinski definition) is 2. The van der Waals surface area contributed by atoms with Crippen LogP contribution in [0.5, 0.6) is 0 Å². The molecular weight excluding hydrogens is 348 g/mol. The molecule has 2 saturated heterocycles. The van der Waals surface area contributed by atoms with Crippen molar-refractivity contribution in [3.05, 3.63) is 35.9 Å². The fraction of sp³-hybridized carbons (Fsp3) is 0.600. The average molecular weight is 376 g/mol. The number of aliphatic hydroxyl groups is 1. The van der Waals surface area contributed by atoms with Gasteiger partial charge in [0.1, 0.15) is 12.2 Å². The van der Waals surface area contributed by atoms with Crippen molar-refractivity contribution in [3.8, 4) is 0 Å². The predicted molar refractivity (Wildman–Crippen MR) is 99.1 cm³/mol. The molecule has 0 spiro atoms. The number of carbonyl (C=O) groups is 2. The topological polar surface area (TPSA) is 88.1 Å². The van der Waals surface area contributed by atoms with Crippen LogP contribution in [0.25, 0.3) is 0 Å². The van der Waals surface area contributed by atoms with Gasteiger partial charge >= 0.3 is 12.2 Å². The molecule has 2 N–H and O–H groups in total. The molecule has 7 nitrogen and oxygen atoms in total. The fourth-order valence-corrected chi connectivity index (χ4v) is 3.87. The molecule has 3 rings (SSSR count). The zero-order chi connectivity index (χ0) is 19.6. The molecule has 1 aromatic carbocycles. The third kappa shape index (κ3) is 4.71. The van der Waals surface area contributed by atoms with Crippen molar-refractivity contribution >= 4 is 12.2 Å². The van der Waals surface area contributed by atoms with Gasteiger partial charge in [0.25, 0.3) is 0 Å². The molecule has 2 aliphatic heterocycles. The summed E-state index contributed by atoms with van der Waals surface area (Å²) in [4.78, 5) is 26.5. The minimum Gasteiger partial charge on any atom is -0.445 e. The molecule has 1 aromatic rings. The van der Waals surface area contributed by atoms with E-state index in [0.717, 1.165) is 12.0 Å². The SMILES string of the molecule is CC(C)(C)OC(=O)N1[C@H]2CC[C@@H]1[C@H](NC(=O)OCc1ccccc1)[C@H](O)C2. The van der Waals surface area contributed by atoms with Crippen LogP contribution in [0, 0.1) is 0 Å². The fourth-order valence-electron chi connectivity index (χ4n) is 3.87. The largest absolute Gasteiger partial charge is 0.445 e. The van der Waals surface area contributed by atoms with Gasteiger partial charge in [-0.3, -0.25) is 4.90 Å². The highest BCUT2D eigenvalue weighted by Crippen LogP contribution is 2.37. The second-order valence-electron chi connectivity index (χ2n) is 8.22. The number of alkyl carbamates (subject to hydrolysis) is 1. The Hall–Kier alpha value is -2.28. The van der Waals surface area contributed by atoms with E-state index >= 15 is 0 Å². The number of aliphatic hydroxyl groups excluding tert-OH is 1. The van der Waals surface area contributed by atoms with Gasteiger partial charge in [-0.2, -0.15) is 0 Å². The molecule has 148 valence electrons. The van der Waals surface area contributed by atoms with E-state index in [1.807, 2.05) is 51.1 Å². The Kier molecular flexibility index (Phi) is 5.60. The Morgan fingerprint density at radius 3 is 2.59 bits per heavy atom. The molecule has 27 heavy (non-hydrogen) atoms. The summed E-state index contributed by atoms with van der Waals surface area (Å²) < 4.78 is 10.8. The van der Waals surface area contributed by atoms with Crippen molar-refractivity contribution < 1.29 is 24.2 Å². The molecule has 2 amide bonds. The maximum Gasteiger partial charge on any atom is 0.410 e. The maximum atomic E-state index is 12.6. The lowest BCUT2D eigenvalue weighted by Gasteiger charge is -2.42. The van der Waals surface area contributed by atoms with Crippen molar-refractivity contribution in [1.29, 1.82) is 0 Å². The van der Waals surface area contributed by atoms with Gasteiger partial charge in [-0.15, -0.1) is 0 Å². The Labute approximate surface area is 159 Å². The first-order valence-electron chi connectivity index (χ1n) is 9.41. The molecule has 0 aliphatic carbocycles. The summed E-state index contributed by atoms with van der Waals surface area (Å²) in [6.45, 7) is 5.62. The first-order chi connectivity index (χ1) is 12.7. The second kappa shape index (κ2) is 7.76. The average Bonchev–Trinajstić information content (AvgIpc) is 2.93. The highest BCUT2D eigenvalue weighted by molar-refractivity contribution is 5.71. The van der Waals surface area contributed by atoms with E-state index < -0.39 is 29.9 Å². The molecule has 0 saturated carbocycles. The van der Waals surface area contributed by atoms with Gasteiger partial charge in [-0.25, -0.2) is 9.59 Å². The first kappa shape index (κ1) is 19.5.